The van der Waals surface area contributed by atoms with Gasteiger partial charge in [-0.05, 0) is 57.1 Å². The molecule has 0 spiro atoms. The molecule has 228 valence electrons. The highest BCUT2D eigenvalue weighted by molar-refractivity contribution is 6.30. The predicted octanol–water partition coefficient (Wildman–Crippen LogP) is 2.40. The molecule has 2 heterocycles. The van der Waals surface area contributed by atoms with Gasteiger partial charge in [0.15, 0.2) is 5.69 Å². The van der Waals surface area contributed by atoms with Crippen LogP contribution in [0.2, 0.25) is 5.02 Å². The normalized spacial score (nSPS) is 16.7. The van der Waals surface area contributed by atoms with Gasteiger partial charge >= 0.3 is 6.03 Å². The van der Waals surface area contributed by atoms with E-state index in [1.165, 1.54) is 21.7 Å². The number of anilines is 1. The molecule has 1 aromatic heterocycles. The van der Waals surface area contributed by atoms with E-state index >= 15 is 0 Å². The number of hydrogen-bond donors (Lipinski definition) is 3. The largest absolute Gasteiger partial charge is 0.364 e. The van der Waals surface area contributed by atoms with Gasteiger partial charge in [-0.15, -0.1) is 0 Å². The number of amides is 5. The molecular formula is C29H34ClFN8O4. The number of nitrogens with zero attached hydrogens (tertiary/aromatic N) is 5. The van der Waals surface area contributed by atoms with Crippen molar-refractivity contribution in [1.82, 2.24) is 29.8 Å². The number of nitrogens with two attached hydrogens (primary N) is 1. The molecule has 2 aliphatic rings. The average Bonchev–Trinajstić information content (AvgIpc) is 3.62. The van der Waals surface area contributed by atoms with Gasteiger partial charge in [0.25, 0.3) is 5.91 Å². The molecule has 2 aromatic carbocycles. The molecular weight excluding hydrogens is 579 g/mol. The molecule has 0 bridgehead atoms. The Balaban J connectivity index is 1.27. The van der Waals surface area contributed by atoms with E-state index < -0.39 is 17.6 Å². The van der Waals surface area contributed by atoms with Crippen molar-refractivity contribution in [2.75, 3.05) is 39.0 Å². The fraction of sp³-hybridized carbons (Fsp3) is 0.414. The lowest BCUT2D eigenvalue weighted by atomic mass is 10.1. The Bertz CT molecular complexity index is 1580. The number of benzene rings is 2. The minimum absolute atomic E-state index is 0.0380. The summed E-state index contributed by atoms with van der Waals surface area (Å²) in [6.45, 7) is 1.18. The molecule has 1 saturated carbocycles. The maximum Gasteiger partial charge on any atom is 0.321 e. The first-order chi connectivity index (χ1) is 20.5. The molecule has 4 N–H and O–H groups in total. The van der Waals surface area contributed by atoms with Gasteiger partial charge in [-0.25, -0.2) is 9.18 Å². The summed E-state index contributed by atoms with van der Waals surface area (Å²) in [5, 5.41) is 10.2. The smallest absolute Gasteiger partial charge is 0.321 e. The Morgan fingerprint density at radius 3 is 2.58 bits per heavy atom. The van der Waals surface area contributed by atoms with Gasteiger partial charge < -0.3 is 31.1 Å². The molecule has 12 nitrogen and oxygen atoms in total. The molecule has 1 unspecified atom stereocenters. The molecule has 5 amide bonds. The van der Waals surface area contributed by atoms with E-state index in [0.29, 0.717) is 16.6 Å². The van der Waals surface area contributed by atoms with E-state index in [0.717, 1.165) is 32.4 Å². The van der Waals surface area contributed by atoms with Crippen LogP contribution in [0.3, 0.4) is 0 Å². The van der Waals surface area contributed by atoms with Gasteiger partial charge in [-0.3, -0.25) is 19.1 Å². The van der Waals surface area contributed by atoms with E-state index in [9.17, 15) is 23.6 Å². The predicted molar refractivity (Wildman–Crippen MR) is 159 cm³/mol. The van der Waals surface area contributed by atoms with Crippen molar-refractivity contribution < 1.29 is 23.6 Å². The summed E-state index contributed by atoms with van der Waals surface area (Å²) >= 11 is 5.82. The van der Waals surface area contributed by atoms with E-state index in [1.807, 2.05) is 7.05 Å². The maximum atomic E-state index is 14.2. The topological polar surface area (TPSA) is 146 Å². The Hall–Kier alpha value is -4.23. The van der Waals surface area contributed by atoms with Gasteiger partial charge in [0.1, 0.15) is 12.4 Å². The van der Waals surface area contributed by atoms with Crippen LogP contribution >= 0.6 is 11.6 Å². The average molecular weight is 613 g/mol. The van der Waals surface area contributed by atoms with Crippen molar-refractivity contribution in [3.05, 3.63) is 58.5 Å². The number of likely N-dealkylation sites (N-methyl/N-ethyl adjacent to an activating group) is 2. The van der Waals surface area contributed by atoms with Crippen LogP contribution in [0.5, 0.6) is 0 Å². The summed E-state index contributed by atoms with van der Waals surface area (Å²) in [7, 11) is 3.76. The standard InChI is InChI=1S/C29H34ClFN8O4/c1-36-11-10-20(14-36)37(2)29(43)34-18-6-9-23-21(12-18)27(28(32)42)35-39(23)16-25(41)38(19-7-8-19)15-24(40)33-13-17-4-3-5-22(30)26(17)31/h3-6,9,12,19-20H,7-8,10-11,13-16H2,1-2H3,(H2,32,42)(H,33,40)(H,34,43). The lowest BCUT2D eigenvalue weighted by Gasteiger charge is -2.24. The minimum Gasteiger partial charge on any atom is -0.364 e. The number of urea groups is 1. The number of hydrogen-bond acceptors (Lipinski definition) is 6. The Morgan fingerprint density at radius 2 is 1.91 bits per heavy atom. The summed E-state index contributed by atoms with van der Waals surface area (Å²) < 4.78 is 15.6. The summed E-state index contributed by atoms with van der Waals surface area (Å²) in [6.07, 6.45) is 2.39. The fourth-order valence-corrected chi connectivity index (χ4v) is 5.47. The number of primary amides is 1. The molecule has 3 aromatic rings. The number of aromatic nitrogens is 2. The van der Waals surface area contributed by atoms with E-state index in [4.69, 9.17) is 17.3 Å². The fourth-order valence-electron chi connectivity index (χ4n) is 5.28. The minimum atomic E-state index is -0.780. The third-order valence-corrected chi connectivity index (χ3v) is 8.18. The second-order valence-corrected chi connectivity index (χ2v) is 11.5. The molecule has 43 heavy (non-hydrogen) atoms. The summed E-state index contributed by atoms with van der Waals surface area (Å²) in [6, 6.07) is 9.19. The molecule has 2 fully saturated rings. The van der Waals surface area contributed by atoms with Crippen LogP contribution in [-0.2, 0) is 22.7 Å². The molecule has 14 heteroatoms. The van der Waals surface area contributed by atoms with Crippen LogP contribution in [0.15, 0.2) is 36.4 Å². The van der Waals surface area contributed by atoms with E-state index in [1.54, 1.807) is 36.2 Å². The van der Waals surface area contributed by atoms with Gasteiger partial charge in [0, 0.05) is 48.9 Å². The van der Waals surface area contributed by atoms with E-state index in [-0.39, 0.29) is 59.9 Å². The van der Waals surface area contributed by atoms with Crippen LogP contribution in [0.1, 0.15) is 35.3 Å². The van der Waals surface area contributed by atoms with Crippen molar-refractivity contribution >= 4 is 51.9 Å². The highest BCUT2D eigenvalue weighted by Gasteiger charge is 2.34. The molecule has 1 atom stereocenters. The Labute approximate surface area is 252 Å². The van der Waals surface area contributed by atoms with Crippen LogP contribution in [0.4, 0.5) is 14.9 Å². The highest BCUT2D eigenvalue weighted by atomic mass is 35.5. The summed E-state index contributed by atoms with van der Waals surface area (Å²) in [5.74, 6) is -2.20. The maximum absolute atomic E-state index is 14.2. The van der Waals surface area contributed by atoms with Crippen molar-refractivity contribution in [1.29, 1.82) is 0 Å². The third-order valence-electron chi connectivity index (χ3n) is 7.88. The molecule has 1 aliphatic heterocycles. The van der Waals surface area contributed by atoms with Crippen molar-refractivity contribution in [3.63, 3.8) is 0 Å². The second kappa shape index (κ2) is 12.6. The van der Waals surface area contributed by atoms with Gasteiger partial charge in [-0.2, -0.15) is 5.10 Å². The number of carbonyl (C=O) groups is 4. The highest BCUT2D eigenvalue weighted by Crippen LogP contribution is 2.28. The first-order valence-electron chi connectivity index (χ1n) is 14.0. The van der Waals surface area contributed by atoms with Crippen LogP contribution in [0.25, 0.3) is 10.9 Å². The molecule has 5 rings (SSSR count). The second-order valence-electron chi connectivity index (χ2n) is 11.1. The van der Waals surface area contributed by atoms with E-state index in [2.05, 4.69) is 20.6 Å². The summed E-state index contributed by atoms with van der Waals surface area (Å²) in [4.78, 5) is 56.5. The molecule has 0 radical (unpaired) electrons. The first-order valence-corrected chi connectivity index (χ1v) is 14.4. The lowest BCUT2D eigenvalue weighted by Crippen LogP contribution is -2.43. The number of halogens is 2. The number of nitrogens with one attached hydrogen (secondary N) is 2. The Kier molecular flexibility index (Phi) is 8.83. The zero-order valence-electron chi connectivity index (χ0n) is 24.0. The zero-order chi connectivity index (χ0) is 30.8. The number of fused-ring (bicyclic) bond motifs is 1. The van der Waals surface area contributed by atoms with Crippen molar-refractivity contribution in [2.45, 2.75) is 44.4 Å². The Morgan fingerprint density at radius 1 is 1.14 bits per heavy atom. The quantitative estimate of drug-likeness (QED) is 0.321. The summed E-state index contributed by atoms with van der Waals surface area (Å²) in [5.41, 5.74) is 6.73. The number of rotatable bonds is 10. The lowest BCUT2D eigenvalue weighted by molar-refractivity contribution is -0.137. The van der Waals surface area contributed by atoms with Crippen molar-refractivity contribution in [3.8, 4) is 0 Å². The van der Waals surface area contributed by atoms with Crippen LogP contribution in [0, 0.1) is 5.82 Å². The first kappa shape index (κ1) is 30.2. The monoisotopic (exact) mass is 612 g/mol. The van der Waals surface area contributed by atoms with Gasteiger partial charge in [0.2, 0.25) is 11.8 Å². The number of carbonyl (C=O) groups excluding carboxylic acids is 4. The molecule has 1 aliphatic carbocycles. The number of likely N-dealkylation sites (tertiary alicyclic amines) is 1. The van der Waals surface area contributed by atoms with Crippen molar-refractivity contribution in [2.24, 2.45) is 5.73 Å². The third kappa shape index (κ3) is 6.89. The van der Waals surface area contributed by atoms with Gasteiger partial charge in [0.05, 0.1) is 17.1 Å². The zero-order valence-corrected chi connectivity index (χ0v) is 24.7. The SMILES string of the molecule is CN1CCC(N(C)C(=O)Nc2ccc3c(c2)c(C(N)=O)nn3CC(=O)N(CC(=O)NCc2cccc(Cl)c2F)C2CC2)C1. The molecule has 1 saturated heterocycles. The van der Waals surface area contributed by atoms with Gasteiger partial charge in [-0.1, -0.05) is 23.7 Å². The van der Waals surface area contributed by atoms with Crippen LogP contribution in [-0.4, -0.2) is 94.0 Å². The van der Waals surface area contributed by atoms with Crippen LogP contribution < -0.4 is 16.4 Å².